The molecule has 1 aliphatic heterocycles. The summed E-state index contributed by atoms with van der Waals surface area (Å²) in [7, 11) is 0. The van der Waals surface area contributed by atoms with Crippen molar-refractivity contribution in [2.45, 2.75) is 25.8 Å². The minimum absolute atomic E-state index is 0.0249. The van der Waals surface area contributed by atoms with Crippen molar-refractivity contribution >= 4 is 29.3 Å². The third kappa shape index (κ3) is 5.56. The molecule has 2 rings (SSSR count). The van der Waals surface area contributed by atoms with E-state index in [-0.39, 0.29) is 30.3 Å². The highest BCUT2D eigenvalue weighted by Crippen LogP contribution is 2.14. The van der Waals surface area contributed by atoms with Gasteiger partial charge in [0.1, 0.15) is 0 Å². The van der Waals surface area contributed by atoms with E-state index in [0.29, 0.717) is 24.5 Å². The molecule has 7 heteroatoms. The van der Waals surface area contributed by atoms with Crippen LogP contribution in [0.15, 0.2) is 24.3 Å². The summed E-state index contributed by atoms with van der Waals surface area (Å²) in [6.45, 7) is 2.37. The topological polar surface area (TPSA) is 78.5 Å². The van der Waals surface area contributed by atoms with E-state index in [1.54, 1.807) is 4.90 Å². The largest absolute Gasteiger partial charge is 0.350 e. The van der Waals surface area contributed by atoms with Crippen molar-refractivity contribution in [3.05, 3.63) is 34.9 Å². The molecule has 3 amide bonds. The van der Waals surface area contributed by atoms with Crippen LogP contribution in [0.25, 0.3) is 0 Å². The third-order valence-electron chi connectivity index (χ3n) is 3.64. The van der Waals surface area contributed by atoms with Crippen molar-refractivity contribution in [2.24, 2.45) is 0 Å². The average molecular weight is 338 g/mol. The zero-order chi connectivity index (χ0) is 16.8. The van der Waals surface area contributed by atoms with Crippen molar-refractivity contribution in [1.29, 1.82) is 0 Å². The van der Waals surface area contributed by atoms with Crippen molar-refractivity contribution in [3.8, 4) is 0 Å². The van der Waals surface area contributed by atoms with Crippen LogP contribution in [0.1, 0.15) is 18.9 Å². The summed E-state index contributed by atoms with van der Waals surface area (Å²) in [5.74, 6) is -0.516. The molecule has 1 atom stereocenters. The molecule has 0 aromatic heterocycles. The second kappa shape index (κ2) is 7.97. The van der Waals surface area contributed by atoms with Crippen LogP contribution in [0.3, 0.4) is 0 Å². The number of nitrogens with one attached hydrogen (secondary N) is 2. The summed E-state index contributed by atoms with van der Waals surface area (Å²) in [6.07, 6.45) is 1.01. The van der Waals surface area contributed by atoms with E-state index in [9.17, 15) is 14.4 Å². The number of rotatable bonds is 6. The fraction of sp³-hybridized carbons (Fsp3) is 0.438. The fourth-order valence-electron chi connectivity index (χ4n) is 2.52. The summed E-state index contributed by atoms with van der Waals surface area (Å²) in [5, 5.41) is 5.88. The molecule has 2 N–H and O–H groups in total. The van der Waals surface area contributed by atoms with Gasteiger partial charge in [-0.1, -0.05) is 23.7 Å². The fourth-order valence-corrected chi connectivity index (χ4v) is 2.74. The number of benzene rings is 1. The first-order valence-electron chi connectivity index (χ1n) is 7.50. The Balaban J connectivity index is 1.78. The van der Waals surface area contributed by atoms with Crippen LogP contribution in [-0.2, 0) is 20.8 Å². The molecular weight excluding hydrogens is 318 g/mol. The quantitative estimate of drug-likeness (QED) is 0.803. The van der Waals surface area contributed by atoms with Gasteiger partial charge in [-0.05, 0) is 24.1 Å². The number of amides is 3. The minimum atomic E-state index is -0.283. The van der Waals surface area contributed by atoms with Gasteiger partial charge in [0.05, 0.1) is 12.6 Å². The molecule has 1 aromatic rings. The van der Waals surface area contributed by atoms with Gasteiger partial charge in [0.25, 0.3) is 0 Å². The Morgan fingerprint density at radius 2 is 2.17 bits per heavy atom. The van der Waals surface area contributed by atoms with E-state index in [4.69, 9.17) is 11.6 Å². The molecule has 1 fully saturated rings. The van der Waals surface area contributed by atoms with Gasteiger partial charge in [0.15, 0.2) is 0 Å². The van der Waals surface area contributed by atoms with Crippen LogP contribution < -0.4 is 10.6 Å². The Labute approximate surface area is 140 Å². The van der Waals surface area contributed by atoms with Crippen LogP contribution in [0.2, 0.25) is 5.02 Å². The highest BCUT2D eigenvalue weighted by Gasteiger charge is 2.30. The van der Waals surface area contributed by atoms with E-state index >= 15 is 0 Å². The van der Waals surface area contributed by atoms with Gasteiger partial charge in [-0.2, -0.15) is 0 Å². The highest BCUT2D eigenvalue weighted by molar-refractivity contribution is 6.30. The third-order valence-corrected chi connectivity index (χ3v) is 3.87. The number of likely N-dealkylation sites (tertiary alicyclic amines) is 1. The van der Waals surface area contributed by atoms with E-state index in [1.807, 2.05) is 24.3 Å². The molecule has 1 heterocycles. The van der Waals surface area contributed by atoms with Crippen molar-refractivity contribution in [2.75, 3.05) is 19.6 Å². The number of carbonyl (C=O) groups excluding carboxylic acids is 3. The molecule has 0 unspecified atom stereocenters. The zero-order valence-corrected chi connectivity index (χ0v) is 13.7. The summed E-state index contributed by atoms with van der Waals surface area (Å²) in [5.41, 5.74) is 1.07. The van der Waals surface area contributed by atoms with E-state index in [2.05, 4.69) is 10.6 Å². The maximum Gasteiger partial charge on any atom is 0.239 e. The average Bonchev–Trinajstić information content (AvgIpc) is 2.83. The van der Waals surface area contributed by atoms with Crippen molar-refractivity contribution < 1.29 is 14.4 Å². The Morgan fingerprint density at radius 3 is 2.87 bits per heavy atom. The standard InChI is InChI=1S/C16H20ClN3O3/c1-11(21)18-9-15(22)19-14-8-16(23)20(10-14)6-5-12-3-2-4-13(17)7-12/h2-4,7,14H,5-6,8-10H2,1H3,(H,18,21)(H,19,22)/t14-/m1/s1. The van der Waals surface area contributed by atoms with Gasteiger partial charge >= 0.3 is 0 Å². The van der Waals surface area contributed by atoms with Gasteiger partial charge in [0.2, 0.25) is 17.7 Å². The van der Waals surface area contributed by atoms with Crippen LogP contribution in [0.5, 0.6) is 0 Å². The lowest BCUT2D eigenvalue weighted by atomic mass is 10.1. The first-order chi connectivity index (χ1) is 10.9. The lowest BCUT2D eigenvalue weighted by Gasteiger charge is -2.17. The summed E-state index contributed by atoms with van der Waals surface area (Å²) in [4.78, 5) is 36.2. The number of halogens is 1. The molecule has 0 spiro atoms. The van der Waals surface area contributed by atoms with Gasteiger partial charge in [0, 0.05) is 31.5 Å². The molecule has 0 saturated carbocycles. The Bertz CT molecular complexity index is 606. The molecule has 1 aromatic carbocycles. The lowest BCUT2D eigenvalue weighted by Crippen LogP contribution is -2.42. The van der Waals surface area contributed by atoms with E-state index in [0.717, 1.165) is 12.0 Å². The smallest absolute Gasteiger partial charge is 0.239 e. The lowest BCUT2D eigenvalue weighted by molar-refractivity contribution is -0.127. The van der Waals surface area contributed by atoms with Gasteiger partial charge in [-0.3, -0.25) is 14.4 Å². The number of carbonyl (C=O) groups is 3. The molecule has 124 valence electrons. The summed E-state index contributed by atoms with van der Waals surface area (Å²) >= 11 is 5.94. The SMILES string of the molecule is CC(=O)NCC(=O)N[C@@H]1CC(=O)N(CCc2cccc(Cl)c2)C1. The highest BCUT2D eigenvalue weighted by atomic mass is 35.5. The Kier molecular flexibility index (Phi) is 5.98. The summed E-state index contributed by atoms with van der Waals surface area (Å²) in [6, 6.07) is 7.35. The van der Waals surface area contributed by atoms with Gasteiger partial charge in [-0.25, -0.2) is 0 Å². The summed E-state index contributed by atoms with van der Waals surface area (Å²) < 4.78 is 0. The van der Waals surface area contributed by atoms with Gasteiger partial charge in [-0.15, -0.1) is 0 Å². The molecule has 0 bridgehead atoms. The normalized spacial score (nSPS) is 17.2. The molecule has 0 radical (unpaired) electrons. The van der Waals surface area contributed by atoms with Crippen LogP contribution in [0.4, 0.5) is 0 Å². The van der Waals surface area contributed by atoms with Gasteiger partial charge < -0.3 is 15.5 Å². The second-order valence-corrected chi connectivity index (χ2v) is 6.03. The number of hydrogen-bond donors (Lipinski definition) is 2. The monoisotopic (exact) mass is 337 g/mol. The first kappa shape index (κ1) is 17.3. The predicted octanol–water partition coefficient (Wildman–Crippen LogP) is 0.736. The van der Waals surface area contributed by atoms with Crippen LogP contribution >= 0.6 is 11.6 Å². The first-order valence-corrected chi connectivity index (χ1v) is 7.88. The van der Waals surface area contributed by atoms with Crippen LogP contribution in [-0.4, -0.2) is 48.3 Å². The maximum atomic E-state index is 12.0. The molecule has 6 nitrogen and oxygen atoms in total. The molecular formula is C16H20ClN3O3. The van der Waals surface area contributed by atoms with Crippen LogP contribution in [0, 0.1) is 0 Å². The Morgan fingerprint density at radius 1 is 1.39 bits per heavy atom. The van der Waals surface area contributed by atoms with Crippen molar-refractivity contribution in [3.63, 3.8) is 0 Å². The van der Waals surface area contributed by atoms with E-state index < -0.39 is 0 Å². The number of hydrogen-bond acceptors (Lipinski definition) is 3. The minimum Gasteiger partial charge on any atom is -0.350 e. The molecule has 0 aliphatic carbocycles. The van der Waals surface area contributed by atoms with E-state index in [1.165, 1.54) is 6.92 Å². The Hall–Kier alpha value is -2.08. The predicted molar refractivity (Wildman–Crippen MR) is 87.0 cm³/mol. The molecule has 1 aliphatic rings. The van der Waals surface area contributed by atoms with Crippen molar-refractivity contribution in [1.82, 2.24) is 15.5 Å². The maximum absolute atomic E-state index is 12.0. The number of nitrogens with zero attached hydrogens (tertiary/aromatic N) is 1. The second-order valence-electron chi connectivity index (χ2n) is 5.60. The molecule has 1 saturated heterocycles. The zero-order valence-electron chi connectivity index (χ0n) is 13.0. The molecule has 23 heavy (non-hydrogen) atoms.